The summed E-state index contributed by atoms with van der Waals surface area (Å²) in [6, 6.07) is 5.13. The summed E-state index contributed by atoms with van der Waals surface area (Å²) in [5.41, 5.74) is 2.62. The average molecular weight is 455 g/mol. The minimum atomic E-state index is -3.73. The average Bonchev–Trinajstić information content (AvgIpc) is 3.01. The Kier molecular flexibility index (Phi) is 7.90. The molecule has 1 aromatic carbocycles. The third kappa shape index (κ3) is 5.96. The molecule has 1 aromatic heterocycles. The first kappa shape index (κ1) is 24.2. The van der Waals surface area contributed by atoms with Gasteiger partial charge in [0.05, 0.1) is 11.6 Å². The number of hydrogen-bond acceptors (Lipinski definition) is 5. The zero-order chi connectivity index (χ0) is 22.6. The lowest BCUT2D eigenvalue weighted by atomic mass is 9.93. The van der Waals surface area contributed by atoms with E-state index in [0.29, 0.717) is 18.8 Å². The number of carbonyl (C=O) groups excluding carboxylic acids is 1. The summed E-state index contributed by atoms with van der Waals surface area (Å²) in [5.74, 6) is 0.363. The minimum absolute atomic E-state index is 0.0829. The summed E-state index contributed by atoms with van der Waals surface area (Å²) in [6.45, 7) is 9.38. The van der Waals surface area contributed by atoms with Gasteiger partial charge in [-0.05, 0) is 37.1 Å². The van der Waals surface area contributed by atoms with Crippen LogP contribution in [-0.4, -0.2) is 45.6 Å². The Labute approximate surface area is 184 Å². The molecule has 1 heterocycles. The van der Waals surface area contributed by atoms with Gasteiger partial charge in [0.2, 0.25) is 0 Å². The fraction of sp³-hybridized carbons (Fsp3) is 0.500. The highest BCUT2D eigenvalue weighted by atomic mass is 35.5. The van der Waals surface area contributed by atoms with Gasteiger partial charge in [0.25, 0.3) is 0 Å². The van der Waals surface area contributed by atoms with Crippen molar-refractivity contribution in [3.8, 4) is 0 Å². The van der Waals surface area contributed by atoms with E-state index in [1.807, 2.05) is 64.9 Å². The smallest absolute Gasteiger partial charge is 0.308 e. The number of benzene rings is 1. The predicted molar refractivity (Wildman–Crippen MR) is 122 cm³/mol. The van der Waals surface area contributed by atoms with Crippen molar-refractivity contribution in [2.24, 2.45) is 0 Å². The van der Waals surface area contributed by atoms with Gasteiger partial charge in [-0.2, -0.15) is 5.10 Å². The molecule has 0 saturated carbocycles. The lowest BCUT2D eigenvalue weighted by molar-refractivity contribution is 0.256. The van der Waals surface area contributed by atoms with Gasteiger partial charge >= 0.3 is 6.03 Å². The molecular weight excluding hydrogens is 424 g/mol. The van der Waals surface area contributed by atoms with Crippen LogP contribution in [0.1, 0.15) is 50.7 Å². The standard InChI is InChI=1S/C20H31ClN6O2S/c1-13(2)15-8-7-9-16(14(3)4)18(15)23-20(28)25-30(22,29)19-17(21)12-27(24-19)11-10-26(5)6/h7-9,12-14H,10-11H2,1-6H3,(H3,22,23,25,28,29). The molecule has 166 valence electrons. The monoisotopic (exact) mass is 454 g/mol. The molecule has 0 saturated heterocycles. The number of rotatable bonds is 8. The molecule has 0 aliphatic carbocycles. The van der Waals surface area contributed by atoms with Crippen LogP contribution in [0.2, 0.25) is 5.02 Å². The maximum absolute atomic E-state index is 12.9. The van der Waals surface area contributed by atoms with Crippen molar-refractivity contribution in [1.29, 1.82) is 4.78 Å². The summed E-state index contributed by atoms with van der Waals surface area (Å²) in [7, 11) is 0.111. The first-order valence-electron chi connectivity index (χ1n) is 9.80. The molecule has 1 atom stereocenters. The van der Waals surface area contributed by atoms with Crippen LogP contribution in [-0.2, 0) is 16.5 Å². The first-order chi connectivity index (χ1) is 13.9. The summed E-state index contributed by atoms with van der Waals surface area (Å²) >= 11 is 6.15. The number of hydrogen-bond donors (Lipinski definition) is 3. The zero-order valence-electron chi connectivity index (χ0n) is 18.3. The van der Waals surface area contributed by atoms with Crippen LogP contribution in [0.3, 0.4) is 0 Å². The lowest BCUT2D eigenvalue weighted by Gasteiger charge is -2.20. The van der Waals surface area contributed by atoms with Crippen LogP contribution in [0.5, 0.6) is 0 Å². The number of anilines is 1. The third-order valence-corrected chi connectivity index (χ3v) is 6.29. The largest absolute Gasteiger partial charge is 0.332 e. The van der Waals surface area contributed by atoms with Crippen LogP contribution >= 0.6 is 11.6 Å². The molecule has 0 aliphatic rings. The number of aromatic nitrogens is 2. The molecule has 0 radical (unpaired) electrons. The van der Waals surface area contributed by atoms with E-state index in [1.165, 1.54) is 10.9 Å². The van der Waals surface area contributed by atoms with Gasteiger partial charge in [-0.25, -0.2) is 18.5 Å². The predicted octanol–water partition coefficient (Wildman–Crippen LogP) is 4.49. The first-order valence-corrected chi connectivity index (χ1v) is 11.7. The van der Waals surface area contributed by atoms with E-state index < -0.39 is 15.9 Å². The second-order valence-corrected chi connectivity index (χ2v) is 10.2. The number of carbonyl (C=O) groups is 1. The van der Waals surface area contributed by atoms with E-state index in [0.717, 1.165) is 11.1 Å². The van der Waals surface area contributed by atoms with E-state index in [9.17, 15) is 9.00 Å². The highest BCUT2D eigenvalue weighted by Crippen LogP contribution is 2.32. The lowest BCUT2D eigenvalue weighted by Crippen LogP contribution is -2.34. The van der Waals surface area contributed by atoms with E-state index in [1.54, 1.807) is 0 Å². The normalized spacial score (nSPS) is 13.7. The maximum Gasteiger partial charge on any atom is 0.332 e. The summed E-state index contributed by atoms with van der Waals surface area (Å²) in [5, 5.41) is 6.89. The van der Waals surface area contributed by atoms with Crippen LogP contribution in [0.4, 0.5) is 10.5 Å². The van der Waals surface area contributed by atoms with E-state index in [4.69, 9.17) is 16.4 Å². The molecule has 30 heavy (non-hydrogen) atoms. The van der Waals surface area contributed by atoms with Crippen LogP contribution in [0, 0.1) is 4.78 Å². The van der Waals surface area contributed by atoms with E-state index in [-0.39, 0.29) is 21.9 Å². The van der Waals surface area contributed by atoms with Gasteiger partial charge in [-0.15, -0.1) is 0 Å². The van der Waals surface area contributed by atoms with E-state index >= 15 is 0 Å². The number of nitrogens with zero attached hydrogens (tertiary/aromatic N) is 3. The Morgan fingerprint density at radius 2 is 1.80 bits per heavy atom. The molecule has 0 fully saturated rings. The van der Waals surface area contributed by atoms with Gasteiger partial charge in [0.1, 0.15) is 0 Å². The number of likely N-dealkylation sites (N-methyl/N-ethyl adjacent to an activating group) is 1. The van der Waals surface area contributed by atoms with Gasteiger partial charge in [-0.3, -0.25) is 4.68 Å². The second kappa shape index (κ2) is 9.80. The van der Waals surface area contributed by atoms with Gasteiger partial charge in [0, 0.05) is 18.4 Å². The SMILES string of the molecule is CC(C)c1cccc(C(C)C)c1NC(=O)NS(=N)(=O)c1nn(CCN(C)C)cc1Cl. The van der Waals surface area contributed by atoms with Gasteiger partial charge in [0.15, 0.2) is 14.9 Å². The van der Waals surface area contributed by atoms with Gasteiger partial charge in [-0.1, -0.05) is 57.5 Å². The highest BCUT2D eigenvalue weighted by Gasteiger charge is 2.23. The number of nitrogens with one attached hydrogen (secondary N) is 3. The Hall–Kier alpha value is -2.10. The Morgan fingerprint density at radius 3 is 2.30 bits per heavy atom. The maximum atomic E-state index is 12.9. The van der Waals surface area contributed by atoms with Crippen molar-refractivity contribution in [3.63, 3.8) is 0 Å². The molecule has 2 rings (SSSR count). The van der Waals surface area contributed by atoms with Crippen LogP contribution in [0.15, 0.2) is 29.4 Å². The molecule has 1 unspecified atom stereocenters. The molecule has 2 amide bonds. The Balaban J connectivity index is 2.25. The van der Waals surface area contributed by atoms with Gasteiger partial charge < -0.3 is 10.2 Å². The second-order valence-electron chi connectivity index (χ2n) is 8.08. The molecule has 2 aromatic rings. The Morgan fingerprint density at radius 1 is 1.23 bits per heavy atom. The molecule has 0 spiro atoms. The molecule has 3 N–H and O–H groups in total. The minimum Gasteiger partial charge on any atom is -0.308 e. The number of urea groups is 1. The molecule has 10 heteroatoms. The molecule has 0 aliphatic heterocycles. The summed E-state index contributed by atoms with van der Waals surface area (Å²) in [4.78, 5) is 14.6. The molecular formula is C20H31ClN6O2S. The number of para-hydroxylation sites is 1. The fourth-order valence-corrected chi connectivity index (χ4v) is 4.44. The van der Waals surface area contributed by atoms with Crippen molar-refractivity contribution in [1.82, 2.24) is 19.4 Å². The summed E-state index contributed by atoms with van der Waals surface area (Å²) < 4.78 is 24.9. The van der Waals surface area contributed by atoms with Crippen molar-refractivity contribution >= 4 is 33.2 Å². The zero-order valence-corrected chi connectivity index (χ0v) is 19.9. The van der Waals surface area contributed by atoms with Crippen LogP contribution < -0.4 is 10.0 Å². The van der Waals surface area contributed by atoms with Crippen molar-refractivity contribution in [3.05, 3.63) is 40.5 Å². The number of amides is 2. The quantitative estimate of drug-likeness (QED) is 0.546. The highest BCUT2D eigenvalue weighted by molar-refractivity contribution is 7.91. The fourth-order valence-electron chi connectivity index (χ4n) is 3.00. The summed E-state index contributed by atoms with van der Waals surface area (Å²) in [6.07, 6.45) is 1.51. The van der Waals surface area contributed by atoms with Crippen molar-refractivity contribution in [2.45, 2.75) is 51.1 Å². The third-order valence-electron chi connectivity index (χ3n) is 4.58. The van der Waals surface area contributed by atoms with Crippen molar-refractivity contribution in [2.75, 3.05) is 26.0 Å². The molecule has 8 nitrogen and oxygen atoms in total. The molecule has 0 bridgehead atoms. The van der Waals surface area contributed by atoms with Crippen LogP contribution in [0.25, 0.3) is 0 Å². The number of halogens is 1. The Bertz CT molecular complexity index is 972. The topological polar surface area (TPSA) is 103 Å². The van der Waals surface area contributed by atoms with Crippen molar-refractivity contribution < 1.29 is 9.00 Å². The van der Waals surface area contributed by atoms with E-state index in [2.05, 4.69) is 15.1 Å².